The van der Waals surface area contributed by atoms with Crippen LogP contribution in [-0.4, -0.2) is 37.6 Å². The molecule has 2 aromatic heterocycles. The highest BCUT2D eigenvalue weighted by atomic mass is 32.1. The normalized spacial score (nSPS) is 21.9. The average Bonchev–Trinajstić information content (AvgIpc) is 3.48. The van der Waals surface area contributed by atoms with Gasteiger partial charge in [-0.3, -0.25) is 4.90 Å². The highest BCUT2D eigenvalue weighted by molar-refractivity contribution is 7.09. The molecule has 0 unspecified atom stereocenters. The minimum absolute atomic E-state index is 0.162. The maximum atomic E-state index is 13.2. The molecule has 7 heteroatoms. The predicted octanol–water partition coefficient (Wildman–Crippen LogP) is 4.69. The number of piperidine rings is 1. The van der Waals surface area contributed by atoms with E-state index in [0.29, 0.717) is 12.2 Å². The molecule has 0 saturated carbocycles. The van der Waals surface area contributed by atoms with Crippen molar-refractivity contribution in [3.63, 3.8) is 0 Å². The van der Waals surface area contributed by atoms with E-state index < -0.39 is 6.10 Å². The van der Waals surface area contributed by atoms with E-state index in [9.17, 15) is 9.50 Å². The second-order valence-electron chi connectivity index (χ2n) is 7.90. The molecule has 1 aliphatic heterocycles. The Balaban J connectivity index is 1.42. The van der Waals surface area contributed by atoms with Crippen molar-refractivity contribution < 1.29 is 9.50 Å². The number of hydrogen-bond donors (Lipinski definition) is 1. The summed E-state index contributed by atoms with van der Waals surface area (Å²) >= 11 is 1.74. The zero-order chi connectivity index (χ0) is 21.2. The van der Waals surface area contributed by atoms with E-state index in [1.54, 1.807) is 28.2 Å². The van der Waals surface area contributed by atoms with Crippen LogP contribution in [0.2, 0.25) is 0 Å². The van der Waals surface area contributed by atoms with Gasteiger partial charge in [0.05, 0.1) is 18.3 Å². The van der Waals surface area contributed by atoms with Crippen molar-refractivity contribution >= 4 is 11.3 Å². The third kappa shape index (κ3) is 4.30. The van der Waals surface area contributed by atoms with Crippen molar-refractivity contribution in [2.45, 2.75) is 31.2 Å². The van der Waals surface area contributed by atoms with E-state index in [1.807, 2.05) is 12.3 Å². The number of β-amino-alcohol motifs (C(OH)–C–C–N with tert-alkyl or cyclic N) is 1. The summed E-state index contributed by atoms with van der Waals surface area (Å²) in [6.07, 6.45) is 2.00. The molecule has 1 saturated heterocycles. The smallest absolute Gasteiger partial charge is 0.123 e. The van der Waals surface area contributed by atoms with Crippen LogP contribution in [0.5, 0.6) is 0 Å². The predicted molar refractivity (Wildman–Crippen MR) is 119 cm³/mol. The molecule has 0 spiro atoms. The van der Waals surface area contributed by atoms with Crippen LogP contribution in [0.3, 0.4) is 0 Å². The largest absolute Gasteiger partial charge is 0.390 e. The molecule has 0 radical (unpaired) electrons. The van der Waals surface area contributed by atoms with E-state index in [4.69, 9.17) is 0 Å². The van der Waals surface area contributed by atoms with Gasteiger partial charge in [-0.05, 0) is 47.7 Å². The number of halogens is 1. The van der Waals surface area contributed by atoms with Gasteiger partial charge in [-0.2, -0.15) is 0 Å². The summed E-state index contributed by atoms with van der Waals surface area (Å²) in [5.74, 6) is -0.282. The van der Waals surface area contributed by atoms with Crippen LogP contribution in [0.25, 0.3) is 11.3 Å². The van der Waals surface area contributed by atoms with Gasteiger partial charge in [0, 0.05) is 29.6 Å². The highest BCUT2D eigenvalue weighted by Crippen LogP contribution is 2.38. The van der Waals surface area contributed by atoms with Crippen molar-refractivity contribution in [2.75, 3.05) is 6.54 Å². The molecule has 3 heterocycles. The first kappa shape index (κ1) is 20.1. The third-order valence-corrected chi connectivity index (χ3v) is 6.75. The molecule has 0 amide bonds. The summed E-state index contributed by atoms with van der Waals surface area (Å²) in [6.45, 7) is 1.35. The van der Waals surface area contributed by atoms with Crippen LogP contribution < -0.4 is 0 Å². The van der Waals surface area contributed by atoms with E-state index in [0.717, 1.165) is 18.5 Å². The average molecular weight is 435 g/mol. The molecule has 158 valence electrons. The first-order chi connectivity index (χ1) is 15.2. The molecule has 3 atom stereocenters. The number of rotatable bonds is 5. The van der Waals surface area contributed by atoms with Crippen LogP contribution in [-0.2, 0) is 6.54 Å². The molecule has 0 bridgehead atoms. The summed E-state index contributed by atoms with van der Waals surface area (Å²) in [5, 5.41) is 21.7. The number of aliphatic hydroxyl groups is 1. The molecule has 1 aliphatic rings. The summed E-state index contributed by atoms with van der Waals surface area (Å²) in [4.78, 5) is 3.63. The maximum absolute atomic E-state index is 13.2. The molecule has 0 aliphatic carbocycles. The summed E-state index contributed by atoms with van der Waals surface area (Å²) in [7, 11) is 0. The van der Waals surface area contributed by atoms with Crippen LogP contribution in [0, 0.1) is 5.82 Å². The van der Waals surface area contributed by atoms with E-state index in [2.05, 4.69) is 57.0 Å². The second kappa shape index (κ2) is 8.70. The number of benzene rings is 2. The van der Waals surface area contributed by atoms with Crippen molar-refractivity contribution in [1.82, 2.24) is 19.9 Å². The monoisotopic (exact) mass is 434 g/mol. The molecular weight excluding hydrogens is 411 g/mol. The number of aliphatic hydroxyl groups excluding tert-OH is 1. The van der Waals surface area contributed by atoms with Crippen LogP contribution in [0.15, 0.2) is 78.3 Å². The molecule has 5 rings (SSSR count). The number of hydrogen-bond acceptors (Lipinski definition) is 5. The van der Waals surface area contributed by atoms with Crippen molar-refractivity contribution in [3.8, 4) is 11.3 Å². The fraction of sp³-hybridized carbons (Fsp3) is 0.250. The Morgan fingerprint density at radius 2 is 1.84 bits per heavy atom. The number of thiophene rings is 1. The standard InChI is InChI=1S/C24H23FN4OS/c25-19-10-8-17(9-11-19)21-15-29(27-26-21)23-13-22(18-5-2-1-3-6-18)28(16-24(23)30)14-20-7-4-12-31-20/h1-12,15,22-24,30H,13-14,16H2/t22-,23-,24-/m1/s1. The molecule has 5 nitrogen and oxygen atoms in total. The van der Waals surface area contributed by atoms with Gasteiger partial charge in [0.2, 0.25) is 0 Å². The van der Waals surface area contributed by atoms with Gasteiger partial charge >= 0.3 is 0 Å². The fourth-order valence-electron chi connectivity index (χ4n) is 4.30. The zero-order valence-corrected chi connectivity index (χ0v) is 17.7. The topological polar surface area (TPSA) is 54.2 Å². The Morgan fingerprint density at radius 1 is 1.03 bits per heavy atom. The first-order valence-electron chi connectivity index (χ1n) is 10.3. The molecule has 4 aromatic rings. The van der Waals surface area contributed by atoms with E-state index >= 15 is 0 Å². The quantitative estimate of drug-likeness (QED) is 0.495. The van der Waals surface area contributed by atoms with Gasteiger partial charge < -0.3 is 5.11 Å². The summed E-state index contributed by atoms with van der Waals surface area (Å²) < 4.78 is 15.0. The lowest BCUT2D eigenvalue weighted by Crippen LogP contribution is -2.46. The molecule has 1 fully saturated rings. The summed E-state index contributed by atoms with van der Waals surface area (Å²) in [6, 6.07) is 20.8. The Morgan fingerprint density at radius 3 is 2.58 bits per heavy atom. The molecule has 2 aromatic carbocycles. The van der Waals surface area contributed by atoms with Crippen LogP contribution >= 0.6 is 11.3 Å². The minimum Gasteiger partial charge on any atom is -0.390 e. The Labute approximate surface area is 184 Å². The Bertz CT molecular complexity index is 1110. The van der Waals surface area contributed by atoms with E-state index in [1.165, 1.54) is 22.6 Å². The number of aromatic nitrogens is 3. The fourth-order valence-corrected chi connectivity index (χ4v) is 5.03. The maximum Gasteiger partial charge on any atom is 0.123 e. The highest BCUT2D eigenvalue weighted by Gasteiger charge is 2.37. The van der Waals surface area contributed by atoms with Crippen molar-refractivity contribution in [3.05, 3.63) is 94.6 Å². The lowest BCUT2D eigenvalue weighted by atomic mass is 9.90. The minimum atomic E-state index is -0.567. The van der Waals surface area contributed by atoms with Crippen molar-refractivity contribution in [1.29, 1.82) is 0 Å². The number of likely N-dealkylation sites (tertiary alicyclic amines) is 1. The molecule has 31 heavy (non-hydrogen) atoms. The molecular formula is C24H23FN4OS. The number of nitrogens with zero attached hydrogens (tertiary/aromatic N) is 4. The van der Waals surface area contributed by atoms with Crippen LogP contribution in [0.1, 0.15) is 28.9 Å². The van der Waals surface area contributed by atoms with Gasteiger partial charge in [-0.1, -0.05) is 41.6 Å². The van der Waals surface area contributed by atoms with Gasteiger partial charge in [0.25, 0.3) is 0 Å². The lowest BCUT2D eigenvalue weighted by Gasteiger charge is -2.42. The van der Waals surface area contributed by atoms with Gasteiger partial charge in [0.1, 0.15) is 11.5 Å². The zero-order valence-electron chi connectivity index (χ0n) is 16.9. The van der Waals surface area contributed by atoms with Gasteiger partial charge in [-0.25, -0.2) is 9.07 Å². The van der Waals surface area contributed by atoms with E-state index in [-0.39, 0.29) is 17.9 Å². The van der Waals surface area contributed by atoms with Gasteiger partial charge in [-0.15, -0.1) is 16.4 Å². The summed E-state index contributed by atoms with van der Waals surface area (Å²) in [5.41, 5.74) is 2.70. The Hall–Kier alpha value is -2.87. The van der Waals surface area contributed by atoms with Crippen LogP contribution in [0.4, 0.5) is 4.39 Å². The Kier molecular flexibility index (Phi) is 5.63. The lowest BCUT2D eigenvalue weighted by molar-refractivity contribution is -0.0131. The third-order valence-electron chi connectivity index (χ3n) is 5.88. The molecule has 1 N–H and O–H groups in total. The first-order valence-corrected chi connectivity index (χ1v) is 11.2. The van der Waals surface area contributed by atoms with Crippen molar-refractivity contribution in [2.24, 2.45) is 0 Å². The second-order valence-corrected chi connectivity index (χ2v) is 8.93. The SMILES string of the molecule is O[C@@H]1CN(Cc2cccs2)[C@@H](c2ccccc2)C[C@H]1n1cc(-c2ccc(F)cc2)nn1. The van der Waals surface area contributed by atoms with Gasteiger partial charge in [0.15, 0.2) is 0 Å².